The van der Waals surface area contributed by atoms with Crippen LogP contribution in [0.3, 0.4) is 0 Å². The first-order valence-electron chi connectivity index (χ1n) is 5.37. The van der Waals surface area contributed by atoms with Crippen molar-refractivity contribution in [3.8, 4) is 0 Å². The Morgan fingerprint density at radius 3 is 2.87 bits per heavy atom. The lowest BCUT2D eigenvalue weighted by Gasteiger charge is -2.15. The minimum atomic E-state index is 0.280. The van der Waals surface area contributed by atoms with Crippen molar-refractivity contribution in [3.63, 3.8) is 0 Å². The fourth-order valence-corrected chi connectivity index (χ4v) is 1.31. The summed E-state index contributed by atoms with van der Waals surface area (Å²) >= 11 is 0. The second kappa shape index (κ2) is 6.35. The van der Waals surface area contributed by atoms with E-state index in [0.717, 1.165) is 18.5 Å². The summed E-state index contributed by atoms with van der Waals surface area (Å²) in [5, 5.41) is 3.26. The summed E-state index contributed by atoms with van der Waals surface area (Å²) in [6, 6.07) is 2.21. The number of ether oxygens (including phenoxy) is 1. The van der Waals surface area contributed by atoms with Crippen LogP contribution in [-0.2, 0) is 11.2 Å². The third-order valence-corrected chi connectivity index (χ3v) is 2.27. The summed E-state index contributed by atoms with van der Waals surface area (Å²) in [6.07, 6.45) is 3.71. The standard InChI is InChI=1S/C11H19N3O/c1-4-9-6-7-12-11(13-9)14-10(5-2)8-15-3/h6-7,10H,4-5,8H2,1-3H3,(H,12,13,14). The summed E-state index contributed by atoms with van der Waals surface area (Å²) < 4.78 is 5.11. The predicted octanol–water partition coefficient (Wildman–Crippen LogP) is 1.88. The number of methoxy groups -OCH3 is 1. The Labute approximate surface area is 91.1 Å². The number of hydrogen-bond donors (Lipinski definition) is 1. The van der Waals surface area contributed by atoms with Crippen molar-refractivity contribution in [2.75, 3.05) is 19.0 Å². The lowest BCUT2D eigenvalue weighted by molar-refractivity contribution is 0.184. The van der Waals surface area contributed by atoms with E-state index in [1.165, 1.54) is 0 Å². The first-order chi connectivity index (χ1) is 7.30. The van der Waals surface area contributed by atoms with Gasteiger partial charge in [0.05, 0.1) is 12.6 Å². The average molecular weight is 209 g/mol. The Bertz CT molecular complexity index is 291. The van der Waals surface area contributed by atoms with Crippen LogP contribution in [0.15, 0.2) is 12.3 Å². The van der Waals surface area contributed by atoms with E-state index in [9.17, 15) is 0 Å². The maximum atomic E-state index is 5.11. The molecule has 15 heavy (non-hydrogen) atoms. The number of anilines is 1. The largest absolute Gasteiger partial charge is 0.383 e. The zero-order valence-electron chi connectivity index (χ0n) is 9.66. The van der Waals surface area contributed by atoms with Gasteiger partial charge in [-0.15, -0.1) is 0 Å². The molecule has 0 aliphatic carbocycles. The van der Waals surface area contributed by atoms with E-state index in [-0.39, 0.29) is 6.04 Å². The molecule has 0 amide bonds. The normalized spacial score (nSPS) is 12.5. The molecule has 0 saturated heterocycles. The molecule has 1 aromatic heterocycles. The van der Waals surface area contributed by atoms with Crippen molar-refractivity contribution < 1.29 is 4.74 Å². The van der Waals surface area contributed by atoms with E-state index in [1.54, 1.807) is 13.3 Å². The van der Waals surface area contributed by atoms with Crippen LogP contribution in [0.25, 0.3) is 0 Å². The van der Waals surface area contributed by atoms with Gasteiger partial charge in [-0.2, -0.15) is 0 Å². The number of nitrogens with zero attached hydrogens (tertiary/aromatic N) is 2. The fourth-order valence-electron chi connectivity index (χ4n) is 1.31. The Balaban J connectivity index is 2.61. The van der Waals surface area contributed by atoms with Crippen molar-refractivity contribution >= 4 is 5.95 Å². The monoisotopic (exact) mass is 209 g/mol. The fraction of sp³-hybridized carbons (Fsp3) is 0.636. The molecule has 1 heterocycles. The Morgan fingerprint density at radius 2 is 2.27 bits per heavy atom. The second-order valence-corrected chi connectivity index (χ2v) is 3.43. The van der Waals surface area contributed by atoms with Gasteiger partial charge >= 0.3 is 0 Å². The van der Waals surface area contributed by atoms with Gasteiger partial charge in [-0.3, -0.25) is 0 Å². The highest BCUT2D eigenvalue weighted by Gasteiger charge is 2.07. The predicted molar refractivity (Wildman–Crippen MR) is 61.0 cm³/mol. The molecule has 0 spiro atoms. The Kier molecular flexibility index (Phi) is 5.04. The lowest BCUT2D eigenvalue weighted by atomic mass is 10.2. The van der Waals surface area contributed by atoms with Gasteiger partial charge in [0.25, 0.3) is 0 Å². The molecule has 1 N–H and O–H groups in total. The summed E-state index contributed by atoms with van der Waals surface area (Å²) in [5.41, 5.74) is 1.06. The van der Waals surface area contributed by atoms with Crippen molar-refractivity contribution in [2.24, 2.45) is 0 Å². The molecule has 1 aromatic rings. The van der Waals surface area contributed by atoms with Crippen LogP contribution in [0.2, 0.25) is 0 Å². The molecule has 1 unspecified atom stereocenters. The Hall–Kier alpha value is -1.16. The van der Waals surface area contributed by atoms with E-state index in [4.69, 9.17) is 4.74 Å². The van der Waals surface area contributed by atoms with Gasteiger partial charge in [0.15, 0.2) is 0 Å². The number of aryl methyl sites for hydroxylation is 1. The SMILES string of the molecule is CCc1ccnc(NC(CC)COC)n1. The molecule has 4 heteroatoms. The molecule has 0 aromatic carbocycles. The smallest absolute Gasteiger partial charge is 0.223 e. The number of rotatable bonds is 6. The molecule has 0 aliphatic rings. The van der Waals surface area contributed by atoms with Gasteiger partial charge in [-0.1, -0.05) is 13.8 Å². The zero-order chi connectivity index (χ0) is 11.1. The first-order valence-corrected chi connectivity index (χ1v) is 5.37. The molecule has 0 bridgehead atoms. The lowest BCUT2D eigenvalue weighted by Crippen LogP contribution is -2.25. The van der Waals surface area contributed by atoms with E-state index in [1.807, 2.05) is 6.07 Å². The van der Waals surface area contributed by atoms with Crippen LogP contribution < -0.4 is 5.32 Å². The van der Waals surface area contributed by atoms with Crippen LogP contribution >= 0.6 is 0 Å². The van der Waals surface area contributed by atoms with Crippen molar-refractivity contribution in [3.05, 3.63) is 18.0 Å². The summed E-state index contributed by atoms with van der Waals surface area (Å²) in [7, 11) is 1.70. The molecule has 1 atom stereocenters. The number of nitrogens with one attached hydrogen (secondary N) is 1. The number of hydrogen-bond acceptors (Lipinski definition) is 4. The maximum absolute atomic E-state index is 5.11. The second-order valence-electron chi connectivity index (χ2n) is 3.43. The van der Waals surface area contributed by atoms with Crippen LogP contribution in [0, 0.1) is 0 Å². The van der Waals surface area contributed by atoms with E-state index in [2.05, 4.69) is 29.1 Å². The molecule has 0 fully saturated rings. The highest BCUT2D eigenvalue weighted by atomic mass is 16.5. The minimum Gasteiger partial charge on any atom is -0.383 e. The van der Waals surface area contributed by atoms with E-state index in [0.29, 0.717) is 12.6 Å². The van der Waals surface area contributed by atoms with Crippen LogP contribution in [-0.4, -0.2) is 29.7 Å². The highest BCUT2D eigenvalue weighted by molar-refractivity contribution is 5.26. The van der Waals surface area contributed by atoms with Gasteiger partial charge in [0.2, 0.25) is 5.95 Å². The van der Waals surface area contributed by atoms with Crippen LogP contribution in [0.4, 0.5) is 5.95 Å². The zero-order valence-corrected chi connectivity index (χ0v) is 9.66. The van der Waals surface area contributed by atoms with Crippen LogP contribution in [0.5, 0.6) is 0 Å². The highest BCUT2D eigenvalue weighted by Crippen LogP contribution is 2.05. The van der Waals surface area contributed by atoms with Gasteiger partial charge < -0.3 is 10.1 Å². The molecule has 0 radical (unpaired) electrons. The van der Waals surface area contributed by atoms with Gasteiger partial charge in [0, 0.05) is 19.0 Å². The molecule has 4 nitrogen and oxygen atoms in total. The van der Waals surface area contributed by atoms with Crippen molar-refractivity contribution in [1.29, 1.82) is 0 Å². The molecular weight excluding hydrogens is 190 g/mol. The third-order valence-electron chi connectivity index (χ3n) is 2.27. The molecule has 0 saturated carbocycles. The van der Waals surface area contributed by atoms with Crippen molar-refractivity contribution in [2.45, 2.75) is 32.7 Å². The molecular formula is C11H19N3O. The summed E-state index contributed by atoms with van der Waals surface area (Å²) in [4.78, 5) is 8.56. The first kappa shape index (κ1) is 11.9. The van der Waals surface area contributed by atoms with Gasteiger partial charge in [0.1, 0.15) is 0 Å². The Morgan fingerprint density at radius 1 is 1.47 bits per heavy atom. The van der Waals surface area contributed by atoms with E-state index < -0.39 is 0 Å². The quantitative estimate of drug-likeness (QED) is 0.777. The molecule has 0 aliphatic heterocycles. The topological polar surface area (TPSA) is 47.0 Å². The minimum absolute atomic E-state index is 0.280. The maximum Gasteiger partial charge on any atom is 0.223 e. The van der Waals surface area contributed by atoms with Crippen molar-refractivity contribution in [1.82, 2.24) is 9.97 Å². The van der Waals surface area contributed by atoms with Gasteiger partial charge in [-0.25, -0.2) is 9.97 Å². The third kappa shape index (κ3) is 3.83. The van der Waals surface area contributed by atoms with Gasteiger partial charge in [-0.05, 0) is 18.9 Å². The van der Waals surface area contributed by atoms with Crippen LogP contribution in [0.1, 0.15) is 26.0 Å². The molecule has 1 rings (SSSR count). The molecule has 84 valence electrons. The average Bonchev–Trinajstić information content (AvgIpc) is 2.29. The summed E-state index contributed by atoms with van der Waals surface area (Å²) in [6.45, 7) is 4.87. The number of aromatic nitrogens is 2. The summed E-state index contributed by atoms with van der Waals surface area (Å²) in [5.74, 6) is 0.693. The van der Waals surface area contributed by atoms with E-state index >= 15 is 0 Å².